The Kier molecular flexibility index (Phi) is 3.93. The maximum atomic E-state index is 12.4. The minimum absolute atomic E-state index is 0.0974. The number of hydrogen-bond acceptors (Lipinski definition) is 5. The van der Waals surface area contributed by atoms with Crippen molar-refractivity contribution in [2.75, 3.05) is 20.3 Å². The van der Waals surface area contributed by atoms with E-state index in [9.17, 15) is 9.90 Å². The lowest BCUT2D eigenvalue weighted by molar-refractivity contribution is 0.0684. The second kappa shape index (κ2) is 5.46. The third-order valence-electron chi connectivity index (χ3n) is 3.41. The fourth-order valence-corrected chi connectivity index (χ4v) is 2.28. The van der Waals surface area contributed by atoms with Crippen molar-refractivity contribution in [3.05, 3.63) is 23.9 Å². The van der Waals surface area contributed by atoms with Crippen LogP contribution in [0.4, 0.5) is 0 Å². The van der Waals surface area contributed by atoms with Crippen LogP contribution in [0.5, 0.6) is 5.88 Å². The number of aliphatic hydroxyl groups is 1. The number of aromatic nitrogens is 1. The molecule has 1 aliphatic rings. The Hall–Kier alpha value is -1.46. The Morgan fingerprint density at radius 1 is 1.56 bits per heavy atom. The number of aliphatic hydroxyl groups excluding tert-OH is 1. The van der Waals surface area contributed by atoms with Crippen LogP contribution in [-0.2, 0) is 0 Å². The standard InChI is InChI=1S/C13H18N2O3/c1-18-11-5-4-10(8-14-11)12(17)13(9-16)6-2-3-7-15-13/h4-5,8,15-16H,2-3,6-7,9H2,1H3/t13-/m0/s1. The van der Waals surface area contributed by atoms with E-state index in [4.69, 9.17) is 4.74 Å². The fourth-order valence-electron chi connectivity index (χ4n) is 2.28. The van der Waals surface area contributed by atoms with E-state index in [-0.39, 0.29) is 12.4 Å². The van der Waals surface area contributed by atoms with Crippen LogP contribution < -0.4 is 10.1 Å². The van der Waals surface area contributed by atoms with Crippen molar-refractivity contribution in [2.24, 2.45) is 0 Å². The largest absolute Gasteiger partial charge is 0.481 e. The van der Waals surface area contributed by atoms with Crippen LogP contribution in [0.1, 0.15) is 29.6 Å². The quantitative estimate of drug-likeness (QED) is 0.773. The molecular weight excluding hydrogens is 232 g/mol. The van der Waals surface area contributed by atoms with Gasteiger partial charge in [-0.1, -0.05) is 0 Å². The van der Waals surface area contributed by atoms with E-state index in [0.29, 0.717) is 17.9 Å². The molecule has 5 heteroatoms. The lowest BCUT2D eigenvalue weighted by atomic mass is 9.83. The normalized spacial score (nSPS) is 23.7. The highest BCUT2D eigenvalue weighted by molar-refractivity contribution is 6.03. The number of carbonyl (C=O) groups is 1. The second-order valence-electron chi connectivity index (χ2n) is 4.54. The van der Waals surface area contributed by atoms with Gasteiger partial charge in [-0.3, -0.25) is 4.79 Å². The zero-order valence-corrected chi connectivity index (χ0v) is 10.5. The van der Waals surface area contributed by atoms with Gasteiger partial charge >= 0.3 is 0 Å². The molecule has 18 heavy (non-hydrogen) atoms. The molecule has 0 unspecified atom stereocenters. The predicted octanol–water partition coefficient (Wildman–Crippen LogP) is 0.777. The van der Waals surface area contributed by atoms with Gasteiger partial charge in [0.2, 0.25) is 5.88 Å². The molecule has 2 heterocycles. The fraction of sp³-hybridized carbons (Fsp3) is 0.538. The van der Waals surface area contributed by atoms with Gasteiger partial charge in [-0.2, -0.15) is 0 Å². The molecule has 5 nitrogen and oxygen atoms in total. The molecule has 0 bridgehead atoms. The van der Waals surface area contributed by atoms with Gasteiger partial charge in [-0.15, -0.1) is 0 Å². The van der Waals surface area contributed by atoms with E-state index < -0.39 is 5.54 Å². The minimum atomic E-state index is -0.839. The summed E-state index contributed by atoms with van der Waals surface area (Å²) >= 11 is 0. The molecule has 1 aliphatic heterocycles. The van der Waals surface area contributed by atoms with E-state index in [1.807, 2.05) is 0 Å². The number of methoxy groups -OCH3 is 1. The molecule has 0 aliphatic carbocycles. The number of hydrogen-bond donors (Lipinski definition) is 2. The molecule has 1 aromatic heterocycles. The summed E-state index contributed by atoms with van der Waals surface area (Å²) in [5.74, 6) is 0.376. The van der Waals surface area contributed by atoms with Crippen LogP contribution in [0.3, 0.4) is 0 Å². The van der Waals surface area contributed by atoms with E-state index in [1.165, 1.54) is 13.3 Å². The molecule has 1 atom stereocenters. The van der Waals surface area contributed by atoms with Crippen LogP contribution >= 0.6 is 0 Å². The summed E-state index contributed by atoms with van der Waals surface area (Å²) in [6.45, 7) is 0.577. The van der Waals surface area contributed by atoms with Gasteiger partial charge < -0.3 is 15.2 Å². The number of pyridine rings is 1. The number of nitrogens with zero attached hydrogens (tertiary/aromatic N) is 1. The van der Waals surface area contributed by atoms with Crippen molar-refractivity contribution in [1.82, 2.24) is 10.3 Å². The van der Waals surface area contributed by atoms with Crippen LogP contribution in [0.15, 0.2) is 18.3 Å². The molecule has 1 saturated heterocycles. The van der Waals surface area contributed by atoms with Crippen molar-refractivity contribution in [1.29, 1.82) is 0 Å². The van der Waals surface area contributed by atoms with Crippen molar-refractivity contribution < 1.29 is 14.6 Å². The number of piperidine rings is 1. The van der Waals surface area contributed by atoms with Crippen molar-refractivity contribution in [3.8, 4) is 5.88 Å². The first-order chi connectivity index (χ1) is 8.72. The van der Waals surface area contributed by atoms with E-state index in [1.54, 1.807) is 12.1 Å². The maximum absolute atomic E-state index is 12.4. The molecule has 0 aromatic carbocycles. The average Bonchev–Trinajstić information content (AvgIpc) is 2.47. The molecule has 1 aromatic rings. The van der Waals surface area contributed by atoms with Gasteiger partial charge in [0.25, 0.3) is 0 Å². The molecule has 98 valence electrons. The average molecular weight is 250 g/mol. The van der Waals surface area contributed by atoms with Gasteiger partial charge in [0.05, 0.1) is 13.7 Å². The Morgan fingerprint density at radius 3 is 2.89 bits per heavy atom. The third kappa shape index (κ3) is 2.37. The number of ether oxygens (including phenoxy) is 1. The predicted molar refractivity (Wildman–Crippen MR) is 66.8 cm³/mol. The number of ketones is 1. The molecule has 0 radical (unpaired) electrons. The number of nitrogens with one attached hydrogen (secondary N) is 1. The lowest BCUT2D eigenvalue weighted by Gasteiger charge is -2.35. The Morgan fingerprint density at radius 2 is 2.39 bits per heavy atom. The molecular formula is C13H18N2O3. The SMILES string of the molecule is COc1ccc(C(=O)[C@@]2(CO)CCCCN2)cn1. The first-order valence-corrected chi connectivity index (χ1v) is 6.12. The summed E-state index contributed by atoms with van der Waals surface area (Å²) in [5, 5.41) is 12.7. The zero-order chi connectivity index (χ0) is 13.0. The zero-order valence-electron chi connectivity index (χ0n) is 10.5. The first kappa shape index (κ1) is 13.0. The number of rotatable bonds is 4. The highest BCUT2D eigenvalue weighted by Gasteiger charge is 2.39. The van der Waals surface area contributed by atoms with Gasteiger partial charge in [-0.05, 0) is 31.9 Å². The van der Waals surface area contributed by atoms with Gasteiger partial charge in [0.1, 0.15) is 5.54 Å². The van der Waals surface area contributed by atoms with Gasteiger partial charge in [-0.25, -0.2) is 4.98 Å². The molecule has 0 amide bonds. The summed E-state index contributed by atoms with van der Waals surface area (Å²) in [7, 11) is 1.53. The first-order valence-electron chi connectivity index (χ1n) is 6.12. The monoisotopic (exact) mass is 250 g/mol. The minimum Gasteiger partial charge on any atom is -0.481 e. The molecule has 1 fully saturated rings. The molecule has 2 N–H and O–H groups in total. The third-order valence-corrected chi connectivity index (χ3v) is 3.41. The highest BCUT2D eigenvalue weighted by Crippen LogP contribution is 2.23. The van der Waals surface area contributed by atoms with Gasteiger partial charge in [0.15, 0.2) is 5.78 Å². The van der Waals surface area contributed by atoms with Crippen LogP contribution in [0.2, 0.25) is 0 Å². The Bertz CT molecular complexity index is 411. The Balaban J connectivity index is 2.22. The Labute approximate surface area is 106 Å². The van der Waals surface area contributed by atoms with Crippen LogP contribution in [-0.4, -0.2) is 41.7 Å². The maximum Gasteiger partial charge on any atom is 0.212 e. The van der Waals surface area contributed by atoms with Crippen molar-refractivity contribution in [3.63, 3.8) is 0 Å². The molecule has 0 spiro atoms. The summed E-state index contributed by atoms with van der Waals surface area (Å²) in [4.78, 5) is 16.5. The molecule has 2 rings (SSSR count). The topological polar surface area (TPSA) is 71.5 Å². The van der Waals surface area contributed by atoms with Crippen molar-refractivity contribution >= 4 is 5.78 Å². The van der Waals surface area contributed by atoms with E-state index >= 15 is 0 Å². The van der Waals surface area contributed by atoms with Crippen LogP contribution in [0.25, 0.3) is 0 Å². The summed E-state index contributed by atoms with van der Waals surface area (Å²) < 4.78 is 4.96. The molecule has 0 saturated carbocycles. The highest BCUT2D eigenvalue weighted by atomic mass is 16.5. The van der Waals surface area contributed by atoms with Gasteiger partial charge in [0, 0.05) is 17.8 Å². The van der Waals surface area contributed by atoms with E-state index in [2.05, 4.69) is 10.3 Å². The summed E-state index contributed by atoms with van der Waals surface area (Å²) in [6, 6.07) is 3.34. The van der Waals surface area contributed by atoms with E-state index in [0.717, 1.165) is 19.4 Å². The number of carbonyl (C=O) groups excluding carboxylic acids is 1. The van der Waals surface area contributed by atoms with Crippen LogP contribution in [0, 0.1) is 0 Å². The summed E-state index contributed by atoms with van der Waals surface area (Å²) in [5.41, 5.74) is -0.339. The summed E-state index contributed by atoms with van der Waals surface area (Å²) in [6.07, 6.45) is 4.14. The smallest absolute Gasteiger partial charge is 0.212 e. The second-order valence-corrected chi connectivity index (χ2v) is 4.54. The van der Waals surface area contributed by atoms with Crippen molar-refractivity contribution in [2.45, 2.75) is 24.8 Å². The number of Topliss-reactive ketones (excluding diaryl/α,β-unsaturated/α-hetero) is 1. The lowest BCUT2D eigenvalue weighted by Crippen LogP contribution is -2.57.